The van der Waals surface area contributed by atoms with Crippen LogP contribution in [0.25, 0.3) is 0 Å². The Morgan fingerprint density at radius 3 is 2.17 bits per heavy atom. The van der Waals surface area contributed by atoms with Crippen LogP contribution in [-0.2, 0) is 23.7 Å². The van der Waals surface area contributed by atoms with Crippen LogP contribution in [0.2, 0.25) is 0 Å². The number of ether oxygens (including phenoxy) is 5. The average molecular weight is 266 g/mol. The van der Waals surface area contributed by atoms with Gasteiger partial charge >= 0.3 is 0 Å². The standard InChI is InChI=1S/C12H23FO5/c1-7(2)17-12-9(13)11(16-5)10(15-4)8(18-12)6-14-3/h7-12H,6H2,1-5H3/t8-,9-,10+,11-,12-/m1/s1. The van der Waals surface area contributed by atoms with Gasteiger partial charge in [0.2, 0.25) is 0 Å². The van der Waals surface area contributed by atoms with Gasteiger partial charge < -0.3 is 23.7 Å². The van der Waals surface area contributed by atoms with Crippen LogP contribution in [0.3, 0.4) is 0 Å². The molecule has 0 unspecified atom stereocenters. The molecule has 0 aromatic heterocycles. The van der Waals surface area contributed by atoms with E-state index in [4.69, 9.17) is 23.7 Å². The van der Waals surface area contributed by atoms with Crippen molar-refractivity contribution < 1.29 is 28.1 Å². The van der Waals surface area contributed by atoms with Gasteiger partial charge in [-0.05, 0) is 13.8 Å². The maximum atomic E-state index is 14.2. The lowest BCUT2D eigenvalue weighted by Crippen LogP contribution is -2.59. The largest absolute Gasteiger partial charge is 0.382 e. The zero-order valence-electron chi connectivity index (χ0n) is 11.6. The molecular weight excluding hydrogens is 243 g/mol. The van der Waals surface area contributed by atoms with Crippen molar-refractivity contribution in [2.45, 2.75) is 50.7 Å². The SMILES string of the molecule is COC[C@H]1O[C@@H](OC(C)C)[C@H](F)[C@@H](OC)[C@H]1OC. The lowest BCUT2D eigenvalue weighted by Gasteiger charge is -2.42. The summed E-state index contributed by atoms with van der Waals surface area (Å²) in [4.78, 5) is 0. The Morgan fingerprint density at radius 1 is 1.11 bits per heavy atom. The lowest BCUT2D eigenvalue weighted by atomic mass is 9.99. The van der Waals surface area contributed by atoms with Crippen LogP contribution in [0, 0.1) is 0 Å². The Hall–Kier alpha value is -0.270. The predicted octanol–water partition coefficient (Wildman–Crippen LogP) is 1.15. The van der Waals surface area contributed by atoms with Crippen molar-refractivity contribution in [2.75, 3.05) is 27.9 Å². The first-order valence-corrected chi connectivity index (χ1v) is 6.04. The van der Waals surface area contributed by atoms with Crippen molar-refractivity contribution in [3.63, 3.8) is 0 Å². The fourth-order valence-corrected chi connectivity index (χ4v) is 2.10. The van der Waals surface area contributed by atoms with E-state index in [1.807, 2.05) is 13.8 Å². The fourth-order valence-electron chi connectivity index (χ4n) is 2.10. The molecular formula is C12H23FO5. The monoisotopic (exact) mass is 266 g/mol. The number of alkyl halides is 1. The molecule has 5 nitrogen and oxygen atoms in total. The number of rotatable bonds is 6. The van der Waals surface area contributed by atoms with Crippen LogP contribution in [-0.4, -0.2) is 64.8 Å². The van der Waals surface area contributed by atoms with E-state index >= 15 is 0 Å². The molecule has 6 heteroatoms. The summed E-state index contributed by atoms with van der Waals surface area (Å²) in [7, 11) is 4.50. The third kappa shape index (κ3) is 3.61. The molecule has 0 aliphatic carbocycles. The Morgan fingerprint density at radius 2 is 1.72 bits per heavy atom. The van der Waals surface area contributed by atoms with Crippen LogP contribution >= 0.6 is 0 Å². The van der Waals surface area contributed by atoms with Gasteiger partial charge in [-0.15, -0.1) is 0 Å². The molecule has 1 rings (SSSR count). The zero-order chi connectivity index (χ0) is 13.7. The van der Waals surface area contributed by atoms with Gasteiger partial charge in [-0.2, -0.15) is 0 Å². The quantitative estimate of drug-likeness (QED) is 0.721. The fraction of sp³-hybridized carbons (Fsp3) is 1.00. The molecule has 1 saturated heterocycles. The highest BCUT2D eigenvalue weighted by molar-refractivity contribution is 4.91. The predicted molar refractivity (Wildman–Crippen MR) is 63.2 cm³/mol. The van der Waals surface area contributed by atoms with Gasteiger partial charge in [0.15, 0.2) is 12.5 Å². The van der Waals surface area contributed by atoms with E-state index in [1.165, 1.54) is 14.2 Å². The van der Waals surface area contributed by atoms with Crippen LogP contribution in [0.1, 0.15) is 13.8 Å². The van der Waals surface area contributed by atoms with Crippen LogP contribution in [0.4, 0.5) is 4.39 Å². The van der Waals surface area contributed by atoms with Crippen molar-refractivity contribution >= 4 is 0 Å². The van der Waals surface area contributed by atoms with Gasteiger partial charge in [-0.25, -0.2) is 4.39 Å². The second-order valence-electron chi connectivity index (χ2n) is 4.53. The van der Waals surface area contributed by atoms with E-state index in [1.54, 1.807) is 7.11 Å². The highest BCUT2D eigenvalue weighted by atomic mass is 19.1. The second-order valence-corrected chi connectivity index (χ2v) is 4.53. The highest BCUT2D eigenvalue weighted by Gasteiger charge is 2.47. The summed E-state index contributed by atoms with van der Waals surface area (Å²) in [5.41, 5.74) is 0. The van der Waals surface area contributed by atoms with E-state index in [9.17, 15) is 4.39 Å². The van der Waals surface area contributed by atoms with Crippen LogP contribution < -0.4 is 0 Å². The molecule has 1 aliphatic rings. The summed E-state index contributed by atoms with van der Waals surface area (Å²) in [6, 6.07) is 0. The van der Waals surface area contributed by atoms with E-state index in [0.29, 0.717) is 6.61 Å². The lowest BCUT2D eigenvalue weighted by molar-refractivity contribution is -0.302. The summed E-state index contributed by atoms with van der Waals surface area (Å²) in [5.74, 6) is 0. The van der Waals surface area contributed by atoms with Gasteiger partial charge in [0.1, 0.15) is 18.3 Å². The highest BCUT2D eigenvalue weighted by Crippen LogP contribution is 2.28. The molecule has 0 bridgehead atoms. The van der Waals surface area contributed by atoms with Gasteiger partial charge in [-0.3, -0.25) is 0 Å². The Labute approximate surface area is 107 Å². The van der Waals surface area contributed by atoms with Crippen molar-refractivity contribution in [3.8, 4) is 0 Å². The van der Waals surface area contributed by atoms with E-state index in [-0.39, 0.29) is 6.10 Å². The molecule has 18 heavy (non-hydrogen) atoms. The molecule has 0 aromatic rings. The molecule has 5 atom stereocenters. The Kier molecular flexibility index (Phi) is 6.45. The van der Waals surface area contributed by atoms with Gasteiger partial charge in [-0.1, -0.05) is 0 Å². The first-order chi connectivity index (χ1) is 8.54. The summed E-state index contributed by atoms with van der Waals surface area (Å²) in [5, 5.41) is 0. The van der Waals surface area contributed by atoms with Crippen molar-refractivity contribution in [1.82, 2.24) is 0 Å². The smallest absolute Gasteiger partial charge is 0.192 e. The summed E-state index contributed by atoms with van der Waals surface area (Å²) in [6.07, 6.45) is -4.14. The maximum absolute atomic E-state index is 14.2. The number of halogens is 1. The van der Waals surface area contributed by atoms with Gasteiger partial charge in [0, 0.05) is 21.3 Å². The molecule has 0 amide bonds. The van der Waals surface area contributed by atoms with Crippen molar-refractivity contribution in [3.05, 3.63) is 0 Å². The molecule has 0 saturated carbocycles. The molecule has 1 fully saturated rings. The van der Waals surface area contributed by atoms with Crippen LogP contribution in [0.15, 0.2) is 0 Å². The maximum Gasteiger partial charge on any atom is 0.192 e. The molecule has 0 radical (unpaired) electrons. The number of hydrogen-bond donors (Lipinski definition) is 0. The third-order valence-electron chi connectivity index (χ3n) is 2.85. The molecule has 1 heterocycles. The first-order valence-electron chi connectivity index (χ1n) is 6.04. The van der Waals surface area contributed by atoms with E-state index in [0.717, 1.165) is 0 Å². The minimum absolute atomic E-state index is 0.131. The normalized spacial score (nSPS) is 37.2. The molecule has 0 N–H and O–H groups in total. The summed E-state index contributed by atoms with van der Waals surface area (Å²) < 4.78 is 40.7. The van der Waals surface area contributed by atoms with Gasteiger partial charge in [0.05, 0.1) is 12.7 Å². The number of hydrogen-bond acceptors (Lipinski definition) is 5. The minimum atomic E-state index is -1.39. The van der Waals surface area contributed by atoms with Crippen molar-refractivity contribution in [1.29, 1.82) is 0 Å². The zero-order valence-corrected chi connectivity index (χ0v) is 11.6. The van der Waals surface area contributed by atoms with Crippen molar-refractivity contribution in [2.24, 2.45) is 0 Å². The average Bonchev–Trinajstić information content (AvgIpc) is 2.32. The van der Waals surface area contributed by atoms with E-state index in [2.05, 4.69) is 0 Å². The number of methoxy groups -OCH3 is 3. The van der Waals surface area contributed by atoms with E-state index < -0.39 is 30.8 Å². The molecule has 0 spiro atoms. The molecule has 0 aromatic carbocycles. The molecule has 1 aliphatic heterocycles. The Bertz CT molecular complexity index is 239. The molecule has 108 valence electrons. The Balaban J connectivity index is 2.80. The minimum Gasteiger partial charge on any atom is -0.382 e. The summed E-state index contributed by atoms with van der Waals surface area (Å²) in [6.45, 7) is 3.94. The summed E-state index contributed by atoms with van der Waals surface area (Å²) >= 11 is 0. The second kappa shape index (κ2) is 7.35. The van der Waals surface area contributed by atoms with Gasteiger partial charge in [0.25, 0.3) is 0 Å². The first kappa shape index (κ1) is 15.8. The topological polar surface area (TPSA) is 46.2 Å². The van der Waals surface area contributed by atoms with Crippen LogP contribution in [0.5, 0.6) is 0 Å². The third-order valence-corrected chi connectivity index (χ3v) is 2.85.